The Morgan fingerprint density at radius 3 is 2.47 bits per heavy atom. The summed E-state index contributed by atoms with van der Waals surface area (Å²) in [5.74, 6) is 0.882. The molecule has 4 nitrogen and oxygen atoms in total. The maximum Gasteiger partial charge on any atom is 0.179 e. The van der Waals surface area contributed by atoms with Crippen molar-refractivity contribution in [3.63, 3.8) is 0 Å². The van der Waals surface area contributed by atoms with Crippen LogP contribution in [0.2, 0.25) is 5.15 Å². The van der Waals surface area contributed by atoms with Crippen molar-refractivity contribution in [3.05, 3.63) is 27.8 Å². The summed E-state index contributed by atoms with van der Waals surface area (Å²) in [5, 5.41) is 0.435. The topological polar surface area (TPSA) is 43.6 Å². The van der Waals surface area contributed by atoms with Gasteiger partial charge in [0.15, 0.2) is 5.82 Å². The lowest BCUT2D eigenvalue weighted by molar-refractivity contribution is 0.603. The monoisotopic (exact) mass is 342 g/mol. The van der Waals surface area contributed by atoms with Crippen molar-refractivity contribution in [2.24, 2.45) is 0 Å². The highest BCUT2D eigenvalue weighted by Gasteiger charge is 2.17. The fourth-order valence-corrected chi connectivity index (χ4v) is 2.63. The molecule has 0 aliphatic carbocycles. The van der Waals surface area contributed by atoms with Crippen LogP contribution in [-0.2, 0) is 0 Å². The number of hydrogen-bond donors (Lipinski definition) is 0. The standard InChI is InChI=1S/C13H16BrClN4/c1-7(2)11-10(14)12(15)18-13(17-11)9-5-16-6-19(9)8(3)4/h5-8H,1-4H3. The minimum absolute atomic E-state index is 0.268. The molecule has 2 aromatic heterocycles. The molecule has 0 atom stereocenters. The molecule has 0 aliphatic heterocycles. The lowest BCUT2D eigenvalue weighted by Crippen LogP contribution is -2.06. The van der Waals surface area contributed by atoms with Crippen molar-refractivity contribution < 1.29 is 0 Å². The van der Waals surface area contributed by atoms with Gasteiger partial charge in [0, 0.05) is 6.04 Å². The van der Waals surface area contributed by atoms with Gasteiger partial charge in [-0.05, 0) is 35.7 Å². The van der Waals surface area contributed by atoms with Crippen LogP contribution in [0.5, 0.6) is 0 Å². The molecule has 0 bridgehead atoms. The number of halogens is 2. The molecule has 0 unspecified atom stereocenters. The molecule has 0 saturated carbocycles. The second-order valence-electron chi connectivity index (χ2n) is 4.97. The fraction of sp³-hybridized carbons (Fsp3) is 0.462. The molecule has 0 aliphatic rings. The third-order valence-electron chi connectivity index (χ3n) is 2.83. The van der Waals surface area contributed by atoms with Gasteiger partial charge in [-0.1, -0.05) is 25.4 Å². The molecule has 0 spiro atoms. The first-order valence-electron chi connectivity index (χ1n) is 6.17. The van der Waals surface area contributed by atoms with E-state index in [1.165, 1.54) is 0 Å². The Hall–Kier alpha value is -0.940. The zero-order valence-corrected chi connectivity index (χ0v) is 13.7. The van der Waals surface area contributed by atoms with Crippen molar-refractivity contribution >= 4 is 27.5 Å². The zero-order valence-electron chi connectivity index (χ0n) is 11.4. The summed E-state index contributed by atoms with van der Waals surface area (Å²) in [7, 11) is 0. The average molecular weight is 344 g/mol. The maximum absolute atomic E-state index is 6.18. The van der Waals surface area contributed by atoms with Gasteiger partial charge in [0.25, 0.3) is 0 Å². The van der Waals surface area contributed by atoms with Gasteiger partial charge < -0.3 is 4.57 Å². The zero-order chi connectivity index (χ0) is 14.2. The molecule has 0 N–H and O–H groups in total. The molecule has 0 saturated heterocycles. The molecule has 2 rings (SSSR count). The molecule has 0 fully saturated rings. The van der Waals surface area contributed by atoms with E-state index in [9.17, 15) is 0 Å². The predicted octanol–water partition coefficient (Wildman–Crippen LogP) is 4.46. The number of nitrogens with zero attached hydrogens (tertiary/aromatic N) is 4. The highest BCUT2D eigenvalue weighted by atomic mass is 79.9. The van der Waals surface area contributed by atoms with E-state index in [2.05, 4.69) is 58.6 Å². The number of hydrogen-bond acceptors (Lipinski definition) is 3. The van der Waals surface area contributed by atoms with Gasteiger partial charge in [0.2, 0.25) is 0 Å². The van der Waals surface area contributed by atoms with E-state index in [0.29, 0.717) is 17.0 Å². The molecule has 19 heavy (non-hydrogen) atoms. The molecule has 0 aromatic carbocycles. The van der Waals surface area contributed by atoms with Crippen LogP contribution in [0.4, 0.5) is 0 Å². The van der Waals surface area contributed by atoms with Crippen LogP contribution in [0, 0.1) is 0 Å². The summed E-state index contributed by atoms with van der Waals surface area (Å²) in [6, 6.07) is 0.297. The van der Waals surface area contributed by atoms with Crippen LogP contribution < -0.4 is 0 Å². The SMILES string of the molecule is CC(C)c1nc(-c2cncn2C(C)C)nc(Cl)c1Br. The summed E-state index contributed by atoms with van der Waals surface area (Å²) in [6.07, 6.45) is 3.55. The Kier molecular flexibility index (Phi) is 4.26. The predicted molar refractivity (Wildman–Crippen MR) is 80.4 cm³/mol. The van der Waals surface area contributed by atoms with Crippen LogP contribution in [0.3, 0.4) is 0 Å². The molecule has 6 heteroatoms. The second-order valence-corrected chi connectivity index (χ2v) is 6.12. The molecule has 0 radical (unpaired) electrons. The summed E-state index contributed by atoms with van der Waals surface area (Å²) < 4.78 is 2.80. The Balaban J connectivity index is 2.60. The smallest absolute Gasteiger partial charge is 0.179 e. The number of aromatic nitrogens is 4. The third kappa shape index (κ3) is 2.82. The maximum atomic E-state index is 6.18. The van der Waals surface area contributed by atoms with E-state index in [0.717, 1.165) is 15.9 Å². The van der Waals surface area contributed by atoms with Crippen LogP contribution in [0.15, 0.2) is 17.0 Å². The van der Waals surface area contributed by atoms with Gasteiger partial charge >= 0.3 is 0 Å². The summed E-state index contributed by atoms with van der Waals surface area (Å²) >= 11 is 9.63. The van der Waals surface area contributed by atoms with Crippen molar-refractivity contribution in [2.45, 2.75) is 39.7 Å². The van der Waals surface area contributed by atoms with Crippen molar-refractivity contribution in [3.8, 4) is 11.5 Å². The van der Waals surface area contributed by atoms with Crippen molar-refractivity contribution in [1.82, 2.24) is 19.5 Å². The second kappa shape index (κ2) is 5.59. The van der Waals surface area contributed by atoms with Gasteiger partial charge in [-0.15, -0.1) is 0 Å². The fourth-order valence-electron chi connectivity index (χ4n) is 1.82. The first-order valence-corrected chi connectivity index (χ1v) is 7.34. The average Bonchev–Trinajstić information content (AvgIpc) is 2.81. The summed E-state index contributed by atoms with van der Waals surface area (Å²) in [6.45, 7) is 8.34. The van der Waals surface area contributed by atoms with E-state index < -0.39 is 0 Å². The molecule has 2 heterocycles. The largest absolute Gasteiger partial charge is 0.325 e. The van der Waals surface area contributed by atoms with Gasteiger partial charge in [-0.2, -0.15) is 0 Å². The highest BCUT2D eigenvalue weighted by Crippen LogP contribution is 2.31. The van der Waals surface area contributed by atoms with Crippen molar-refractivity contribution in [1.29, 1.82) is 0 Å². The lowest BCUT2D eigenvalue weighted by atomic mass is 10.1. The van der Waals surface area contributed by atoms with Gasteiger partial charge in [0.05, 0.1) is 22.7 Å². The van der Waals surface area contributed by atoms with Crippen LogP contribution in [0.25, 0.3) is 11.5 Å². The normalized spacial score (nSPS) is 11.6. The molecule has 2 aromatic rings. The van der Waals surface area contributed by atoms with Gasteiger partial charge in [-0.25, -0.2) is 15.0 Å². The molecular formula is C13H16BrClN4. The van der Waals surface area contributed by atoms with E-state index in [1.54, 1.807) is 12.5 Å². The van der Waals surface area contributed by atoms with E-state index in [4.69, 9.17) is 11.6 Å². The first-order chi connectivity index (χ1) is 8.91. The Bertz CT molecular complexity index is 592. The van der Waals surface area contributed by atoms with Crippen LogP contribution in [-0.4, -0.2) is 19.5 Å². The Morgan fingerprint density at radius 2 is 1.89 bits per heavy atom. The van der Waals surface area contributed by atoms with Gasteiger partial charge in [0.1, 0.15) is 10.8 Å². The highest BCUT2D eigenvalue weighted by molar-refractivity contribution is 9.10. The Morgan fingerprint density at radius 1 is 1.21 bits per heavy atom. The first kappa shape index (κ1) is 14.5. The van der Waals surface area contributed by atoms with E-state index in [-0.39, 0.29) is 5.92 Å². The van der Waals surface area contributed by atoms with Crippen LogP contribution in [0.1, 0.15) is 45.3 Å². The third-order valence-corrected chi connectivity index (χ3v) is 4.12. The van der Waals surface area contributed by atoms with E-state index in [1.807, 2.05) is 4.57 Å². The minimum Gasteiger partial charge on any atom is -0.325 e. The molecular weight excluding hydrogens is 328 g/mol. The molecule has 102 valence electrons. The number of imidazole rings is 1. The summed E-state index contributed by atoms with van der Waals surface area (Å²) in [4.78, 5) is 13.1. The van der Waals surface area contributed by atoms with Crippen LogP contribution >= 0.6 is 27.5 Å². The van der Waals surface area contributed by atoms with E-state index >= 15 is 0 Å². The Labute approximate surface area is 126 Å². The quantitative estimate of drug-likeness (QED) is 0.773. The minimum atomic E-state index is 0.268. The van der Waals surface area contributed by atoms with Gasteiger partial charge in [-0.3, -0.25) is 0 Å². The number of rotatable bonds is 3. The van der Waals surface area contributed by atoms with Crippen molar-refractivity contribution in [2.75, 3.05) is 0 Å². The lowest BCUT2D eigenvalue weighted by Gasteiger charge is -2.14. The molecule has 0 amide bonds. The summed E-state index contributed by atoms with van der Waals surface area (Å²) in [5.41, 5.74) is 1.79.